The third-order valence-corrected chi connectivity index (χ3v) is 7.83. The Labute approximate surface area is 279 Å². The number of unbranched alkanes of at least 4 members (excludes halogenated alkanes) is 16. The van der Waals surface area contributed by atoms with Gasteiger partial charge in [0.15, 0.2) is 0 Å². The standard InChI is InChI=1S/C41H72O4/c1-3-5-7-9-11-13-15-17-19-20-21-23-25-27-29-31-33-35-37-44-39-40(38-42)45-41(43)36-34-32-30-28-26-24-22-18-16-14-12-10-8-6-4-2/h6,8,11-14,17-19,22,40,42H,3-5,7,9-10,15-16,20-21,23-39H2,1-2H3/b8-6-,13-11-,14-12-,19-17-,22-18-. The first-order valence-corrected chi connectivity index (χ1v) is 18.9. The maximum Gasteiger partial charge on any atom is 0.306 e. The zero-order valence-electron chi connectivity index (χ0n) is 29.6. The highest BCUT2D eigenvalue weighted by Crippen LogP contribution is 2.12. The van der Waals surface area contributed by atoms with Gasteiger partial charge in [-0.1, -0.05) is 145 Å². The Balaban J connectivity index is 3.49. The van der Waals surface area contributed by atoms with E-state index >= 15 is 0 Å². The molecule has 0 bridgehead atoms. The largest absolute Gasteiger partial charge is 0.457 e. The van der Waals surface area contributed by atoms with E-state index in [2.05, 4.69) is 74.6 Å². The van der Waals surface area contributed by atoms with Gasteiger partial charge in [-0.25, -0.2) is 0 Å². The molecule has 0 rings (SSSR count). The molecule has 4 heteroatoms. The molecule has 0 amide bonds. The van der Waals surface area contributed by atoms with Crippen LogP contribution in [0.15, 0.2) is 60.8 Å². The third-order valence-electron chi connectivity index (χ3n) is 7.83. The Morgan fingerprint density at radius 3 is 1.51 bits per heavy atom. The van der Waals surface area contributed by atoms with E-state index in [0.29, 0.717) is 13.0 Å². The van der Waals surface area contributed by atoms with Crippen molar-refractivity contribution in [3.63, 3.8) is 0 Å². The van der Waals surface area contributed by atoms with Gasteiger partial charge in [0.2, 0.25) is 0 Å². The molecule has 0 fully saturated rings. The Morgan fingerprint density at radius 2 is 1.00 bits per heavy atom. The van der Waals surface area contributed by atoms with Crippen LogP contribution in [0.4, 0.5) is 0 Å². The molecule has 45 heavy (non-hydrogen) atoms. The van der Waals surface area contributed by atoms with Crippen LogP contribution in [-0.4, -0.2) is 37.0 Å². The summed E-state index contributed by atoms with van der Waals surface area (Å²) in [6, 6.07) is 0. The lowest BCUT2D eigenvalue weighted by Gasteiger charge is -2.15. The Bertz CT molecular complexity index is 749. The van der Waals surface area contributed by atoms with Crippen LogP contribution in [0.3, 0.4) is 0 Å². The van der Waals surface area contributed by atoms with E-state index in [1.165, 1.54) is 89.9 Å². The Kier molecular flexibility index (Phi) is 36.6. The predicted molar refractivity (Wildman–Crippen MR) is 196 cm³/mol. The second kappa shape index (κ2) is 38.3. The van der Waals surface area contributed by atoms with Crippen molar-refractivity contribution in [2.75, 3.05) is 19.8 Å². The Hall–Kier alpha value is -1.91. The molecular weight excluding hydrogens is 556 g/mol. The lowest BCUT2D eigenvalue weighted by molar-refractivity contribution is -0.154. The molecule has 0 spiro atoms. The molecule has 0 saturated heterocycles. The van der Waals surface area contributed by atoms with Gasteiger partial charge in [0.05, 0.1) is 13.2 Å². The van der Waals surface area contributed by atoms with Gasteiger partial charge in [0.25, 0.3) is 0 Å². The number of rotatable bonds is 34. The molecule has 0 aliphatic heterocycles. The van der Waals surface area contributed by atoms with Crippen LogP contribution in [0.25, 0.3) is 0 Å². The first kappa shape index (κ1) is 43.1. The highest BCUT2D eigenvalue weighted by atomic mass is 16.6. The van der Waals surface area contributed by atoms with E-state index < -0.39 is 6.10 Å². The molecule has 1 unspecified atom stereocenters. The molecule has 4 nitrogen and oxygen atoms in total. The molecule has 1 atom stereocenters. The normalized spacial score (nSPS) is 13.0. The molecule has 0 saturated carbocycles. The van der Waals surface area contributed by atoms with Gasteiger partial charge in [-0.2, -0.15) is 0 Å². The van der Waals surface area contributed by atoms with Gasteiger partial charge in [-0.3, -0.25) is 4.79 Å². The van der Waals surface area contributed by atoms with Crippen molar-refractivity contribution >= 4 is 5.97 Å². The minimum Gasteiger partial charge on any atom is -0.457 e. The number of allylic oxidation sites excluding steroid dienone is 10. The van der Waals surface area contributed by atoms with Gasteiger partial charge in [-0.15, -0.1) is 0 Å². The molecule has 0 aliphatic rings. The summed E-state index contributed by atoms with van der Waals surface area (Å²) in [7, 11) is 0. The van der Waals surface area contributed by atoms with Crippen LogP contribution in [0.1, 0.15) is 168 Å². The average Bonchev–Trinajstić information content (AvgIpc) is 3.05. The van der Waals surface area contributed by atoms with E-state index in [0.717, 1.165) is 57.8 Å². The SMILES string of the molecule is CC/C=C\C/C=C\C/C=C\CCCCCCCC(=O)OC(CO)COCCCCCCCCCC/C=C\C/C=C\CCCCC. The summed E-state index contributed by atoms with van der Waals surface area (Å²) in [4.78, 5) is 12.1. The molecule has 0 aliphatic carbocycles. The molecule has 1 N–H and O–H groups in total. The van der Waals surface area contributed by atoms with Crippen LogP contribution in [0.5, 0.6) is 0 Å². The van der Waals surface area contributed by atoms with Crippen molar-refractivity contribution in [1.82, 2.24) is 0 Å². The van der Waals surface area contributed by atoms with Crippen LogP contribution < -0.4 is 0 Å². The lowest BCUT2D eigenvalue weighted by atomic mass is 10.1. The zero-order valence-corrected chi connectivity index (χ0v) is 29.6. The summed E-state index contributed by atoms with van der Waals surface area (Å²) in [6.45, 7) is 5.17. The first-order chi connectivity index (χ1) is 22.2. The van der Waals surface area contributed by atoms with Crippen molar-refractivity contribution < 1.29 is 19.4 Å². The van der Waals surface area contributed by atoms with Crippen LogP contribution in [-0.2, 0) is 14.3 Å². The Morgan fingerprint density at radius 1 is 0.556 bits per heavy atom. The van der Waals surface area contributed by atoms with Gasteiger partial charge in [0, 0.05) is 13.0 Å². The smallest absolute Gasteiger partial charge is 0.306 e. The van der Waals surface area contributed by atoms with Crippen molar-refractivity contribution in [2.24, 2.45) is 0 Å². The fourth-order valence-corrected chi connectivity index (χ4v) is 5.02. The number of esters is 1. The van der Waals surface area contributed by atoms with E-state index in [-0.39, 0.29) is 19.2 Å². The fourth-order valence-electron chi connectivity index (χ4n) is 5.02. The molecule has 0 aromatic carbocycles. The number of aliphatic hydroxyl groups is 1. The third kappa shape index (κ3) is 36.4. The first-order valence-electron chi connectivity index (χ1n) is 18.9. The number of ether oxygens (including phenoxy) is 2. The van der Waals surface area contributed by atoms with Crippen LogP contribution in [0, 0.1) is 0 Å². The maximum absolute atomic E-state index is 12.1. The number of carbonyl (C=O) groups excluding carboxylic acids is 1. The van der Waals surface area contributed by atoms with Crippen molar-refractivity contribution in [3.05, 3.63) is 60.8 Å². The monoisotopic (exact) mass is 629 g/mol. The topological polar surface area (TPSA) is 55.8 Å². The summed E-state index contributed by atoms with van der Waals surface area (Å²) >= 11 is 0. The fraction of sp³-hybridized carbons (Fsp3) is 0.732. The van der Waals surface area contributed by atoms with Gasteiger partial charge >= 0.3 is 5.97 Å². The number of aliphatic hydroxyl groups excluding tert-OH is 1. The lowest BCUT2D eigenvalue weighted by Crippen LogP contribution is -2.27. The predicted octanol–water partition coefficient (Wildman–Crippen LogP) is 12.1. The number of hydrogen-bond donors (Lipinski definition) is 1. The van der Waals surface area contributed by atoms with Crippen molar-refractivity contribution in [2.45, 2.75) is 174 Å². The minimum atomic E-state index is -0.547. The van der Waals surface area contributed by atoms with E-state index in [1.54, 1.807) is 0 Å². The van der Waals surface area contributed by atoms with Crippen molar-refractivity contribution in [3.8, 4) is 0 Å². The van der Waals surface area contributed by atoms with Gasteiger partial charge in [-0.05, 0) is 77.0 Å². The molecule has 0 radical (unpaired) electrons. The van der Waals surface area contributed by atoms with Crippen LogP contribution >= 0.6 is 0 Å². The highest BCUT2D eigenvalue weighted by Gasteiger charge is 2.13. The molecule has 0 aromatic rings. The summed E-state index contributed by atoms with van der Waals surface area (Å²) in [5.74, 6) is -0.222. The van der Waals surface area contributed by atoms with E-state index in [1.807, 2.05) is 0 Å². The molecular formula is C41H72O4. The number of hydrogen-bond acceptors (Lipinski definition) is 4. The van der Waals surface area contributed by atoms with Crippen molar-refractivity contribution in [1.29, 1.82) is 0 Å². The zero-order chi connectivity index (χ0) is 32.7. The van der Waals surface area contributed by atoms with E-state index in [4.69, 9.17) is 9.47 Å². The van der Waals surface area contributed by atoms with Gasteiger partial charge in [0.1, 0.15) is 6.10 Å². The maximum atomic E-state index is 12.1. The second-order valence-electron chi connectivity index (χ2n) is 12.3. The summed E-state index contributed by atoms with van der Waals surface area (Å²) in [5.41, 5.74) is 0. The average molecular weight is 629 g/mol. The summed E-state index contributed by atoms with van der Waals surface area (Å²) < 4.78 is 11.1. The summed E-state index contributed by atoms with van der Waals surface area (Å²) in [6.07, 6.45) is 49.7. The second-order valence-corrected chi connectivity index (χ2v) is 12.3. The van der Waals surface area contributed by atoms with Gasteiger partial charge < -0.3 is 14.6 Å². The van der Waals surface area contributed by atoms with Crippen LogP contribution in [0.2, 0.25) is 0 Å². The van der Waals surface area contributed by atoms with E-state index in [9.17, 15) is 9.90 Å². The molecule has 0 aromatic heterocycles. The molecule has 260 valence electrons. The molecule has 0 heterocycles. The highest BCUT2D eigenvalue weighted by molar-refractivity contribution is 5.69. The quantitative estimate of drug-likeness (QED) is 0.0437. The summed E-state index contributed by atoms with van der Waals surface area (Å²) in [5, 5.41) is 9.56. The minimum absolute atomic E-state index is 0.184. The number of carbonyl (C=O) groups is 1.